The van der Waals surface area contributed by atoms with Gasteiger partial charge in [0.15, 0.2) is 0 Å². The Hall–Kier alpha value is -0.660. The molecule has 0 fully saturated rings. The van der Waals surface area contributed by atoms with Crippen LogP contribution in [0.4, 0.5) is 26.3 Å². The summed E-state index contributed by atoms with van der Waals surface area (Å²) >= 11 is 5.27. The molecule has 0 heterocycles. The van der Waals surface area contributed by atoms with Crippen LogP contribution >= 0.6 is 11.6 Å². The molecule has 0 saturated heterocycles. The Balaban J connectivity index is 5.17. The molecule has 0 aliphatic rings. The van der Waals surface area contributed by atoms with Gasteiger partial charge in [0.05, 0.1) is 0 Å². The summed E-state index contributed by atoms with van der Waals surface area (Å²) in [5.41, 5.74) is 0. The van der Waals surface area contributed by atoms with Crippen molar-refractivity contribution < 1.29 is 31.1 Å². The summed E-state index contributed by atoms with van der Waals surface area (Å²) in [7, 11) is 0.847. The summed E-state index contributed by atoms with van der Waals surface area (Å²) in [5, 5.41) is 0. The van der Waals surface area contributed by atoms with Gasteiger partial charge in [-0.2, -0.15) is 26.3 Å². The molecular weight excluding hydrogens is 276 g/mol. The fourth-order valence-corrected chi connectivity index (χ4v) is 1.20. The van der Waals surface area contributed by atoms with E-state index in [1.807, 2.05) is 0 Å². The zero-order chi connectivity index (χ0) is 14.0. The fraction of sp³-hybridized carbons (Fsp3) is 0.875. The summed E-state index contributed by atoms with van der Waals surface area (Å²) < 4.78 is 73.2. The van der Waals surface area contributed by atoms with Crippen LogP contribution in [-0.4, -0.2) is 42.1 Å². The maximum atomic E-state index is 12.2. The minimum atomic E-state index is -5.67. The normalized spacial score (nSPS) is 14.9. The molecule has 0 spiro atoms. The van der Waals surface area contributed by atoms with Crippen molar-refractivity contribution in [2.45, 2.75) is 25.3 Å². The van der Waals surface area contributed by atoms with Gasteiger partial charge in [-0.1, -0.05) is 0 Å². The molecular formula is C8H10ClF6NO. The number of rotatable bonds is 3. The summed E-state index contributed by atoms with van der Waals surface area (Å²) in [5.74, 6) is -6.33. The lowest BCUT2D eigenvalue weighted by Gasteiger charge is -2.29. The SMILES string of the molecule is CC(CCl)N(C)C(=O)C(C(F)(F)F)C(F)(F)F. The second-order valence-electron chi connectivity index (χ2n) is 3.47. The predicted molar refractivity (Wildman–Crippen MR) is 48.6 cm³/mol. The van der Waals surface area contributed by atoms with E-state index in [0.29, 0.717) is 4.90 Å². The van der Waals surface area contributed by atoms with Gasteiger partial charge in [0.25, 0.3) is 0 Å². The topological polar surface area (TPSA) is 20.3 Å². The van der Waals surface area contributed by atoms with E-state index in [0.717, 1.165) is 7.05 Å². The van der Waals surface area contributed by atoms with Crippen LogP contribution < -0.4 is 0 Å². The summed E-state index contributed by atoms with van der Waals surface area (Å²) in [6, 6.07) is -0.920. The first-order valence-corrected chi connectivity index (χ1v) is 4.92. The fourth-order valence-electron chi connectivity index (χ4n) is 0.990. The third kappa shape index (κ3) is 4.25. The lowest BCUT2D eigenvalue weighted by Crippen LogP contribution is -2.51. The first kappa shape index (κ1) is 16.3. The van der Waals surface area contributed by atoms with Crippen LogP contribution in [0, 0.1) is 5.92 Å². The van der Waals surface area contributed by atoms with E-state index in [2.05, 4.69) is 0 Å². The predicted octanol–water partition coefficient (Wildman–Crippen LogP) is 2.81. The Labute approximate surface area is 98.5 Å². The third-order valence-electron chi connectivity index (χ3n) is 2.13. The Bertz CT molecular complexity index is 262. The molecule has 0 aliphatic carbocycles. The van der Waals surface area contributed by atoms with Crippen LogP contribution in [0.5, 0.6) is 0 Å². The Morgan fingerprint density at radius 1 is 1.18 bits per heavy atom. The van der Waals surface area contributed by atoms with Crippen molar-refractivity contribution in [3.8, 4) is 0 Å². The zero-order valence-electron chi connectivity index (χ0n) is 8.86. The third-order valence-corrected chi connectivity index (χ3v) is 2.58. The van der Waals surface area contributed by atoms with Crippen LogP contribution in [-0.2, 0) is 4.79 Å². The van der Waals surface area contributed by atoms with Crippen LogP contribution in [0.2, 0.25) is 0 Å². The standard InChI is InChI=1S/C8H10ClF6NO/c1-4(3-9)16(2)6(17)5(7(10,11)12)8(13,14)15/h4-5H,3H2,1-2H3. The Morgan fingerprint density at radius 2 is 1.53 bits per heavy atom. The van der Waals surface area contributed by atoms with E-state index >= 15 is 0 Å². The number of carbonyl (C=O) groups is 1. The number of amides is 1. The van der Waals surface area contributed by atoms with Crippen LogP contribution in [0.25, 0.3) is 0 Å². The second-order valence-corrected chi connectivity index (χ2v) is 3.78. The molecule has 0 aromatic carbocycles. The molecule has 1 amide bonds. The molecule has 0 aromatic heterocycles. The van der Waals surface area contributed by atoms with Crippen LogP contribution in [0.1, 0.15) is 6.92 Å². The van der Waals surface area contributed by atoms with Crippen molar-refractivity contribution in [1.82, 2.24) is 4.90 Å². The van der Waals surface area contributed by atoms with Gasteiger partial charge in [0.1, 0.15) is 0 Å². The molecule has 9 heteroatoms. The molecule has 0 N–H and O–H groups in total. The highest BCUT2D eigenvalue weighted by molar-refractivity contribution is 6.18. The van der Waals surface area contributed by atoms with Gasteiger partial charge < -0.3 is 4.90 Å². The van der Waals surface area contributed by atoms with Gasteiger partial charge in [-0.3, -0.25) is 4.79 Å². The summed E-state index contributed by atoms with van der Waals surface area (Å²) in [6.07, 6.45) is -11.3. The van der Waals surface area contributed by atoms with Crippen molar-refractivity contribution in [3.05, 3.63) is 0 Å². The maximum absolute atomic E-state index is 12.2. The monoisotopic (exact) mass is 285 g/mol. The maximum Gasteiger partial charge on any atom is 0.409 e. The van der Waals surface area contributed by atoms with Crippen molar-refractivity contribution in [2.24, 2.45) is 5.92 Å². The van der Waals surface area contributed by atoms with Gasteiger partial charge >= 0.3 is 12.4 Å². The first-order valence-electron chi connectivity index (χ1n) is 4.39. The molecule has 1 atom stereocenters. The van der Waals surface area contributed by atoms with Crippen molar-refractivity contribution in [3.63, 3.8) is 0 Å². The van der Waals surface area contributed by atoms with Gasteiger partial charge in [0.2, 0.25) is 11.8 Å². The van der Waals surface area contributed by atoms with Crippen molar-refractivity contribution in [1.29, 1.82) is 0 Å². The number of carbonyl (C=O) groups excluding carboxylic acids is 1. The first-order chi connectivity index (χ1) is 7.42. The van der Waals surface area contributed by atoms with Crippen molar-refractivity contribution >= 4 is 17.5 Å². The van der Waals surface area contributed by atoms with Crippen LogP contribution in [0.15, 0.2) is 0 Å². The van der Waals surface area contributed by atoms with E-state index in [1.165, 1.54) is 6.92 Å². The molecule has 17 heavy (non-hydrogen) atoms. The number of alkyl halides is 7. The quantitative estimate of drug-likeness (QED) is 0.577. The number of hydrogen-bond donors (Lipinski definition) is 0. The van der Waals surface area contributed by atoms with Gasteiger partial charge in [-0.25, -0.2) is 0 Å². The molecule has 2 nitrogen and oxygen atoms in total. The number of hydrogen-bond acceptors (Lipinski definition) is 1. The zero-order valence-corrected chi connectivity index (χ0v) is 9.62. The van der Waals surface area contributed by atoms with E-state index in [4.69, 9.17) is 11.6 Å². The molecule has 1 unspecified atom stereocenters. The molecule has 0 aromatic rings. The smallest absolute Gasteiger partial charge is 0.341 e. The number of halogens is 7. The molecule has 0 bridgehead atoms. The lowest BCUT2D eigenvalue weighted by molar-refractivity contribution is -0.277. The molecule has 102 valence electrons. The van der Waals surface area contributed by atoms with E-state index in [9.17, 15) is 31.1 Å². The molecule has 0 saturated carbocycles. The van der Waals surface area contributed by atoms with Gasteiger partial charge in [-0.15, -0.1) is 11.6 Å². The summed E-state index contributed by atoms with van der Waals surface area (Å²) in [6.45, 7) is 1.24. The average Bonchev–Trinajstić information content (AvgIpc) is 2.10. The van der Waals surface area contributed by atoms with Crippen molar-refractivity contribution in [2.75, 3.05) is 12.9 Å². The Morgan fingerprint density at radius 3 is 1.76 bits per heavy atom. The van der Waals surface area contributed by atoms with Gasteiger partial charge in [-0.05, 0) is 6.92 Å². The highest BCUT2D eigenvalue weighted by Crippen LogP contribution is 2.40. The van der Waals surface area contributed by atoms with E-state index < -0.39 is 30.2 Å². The molecule has 0 radical (unpaired) electrons. The largest absolute Gasteiger partial charge is 0.409 e. The second kappa shape index (κ2) is 5.32. The number of nitrogens with zero attached hydrogens (tertiary/aromatic N) is 1. The highest BCUT2D eigenvalue weighted by Gasteiger charge is 2.61. The van der Waals surface area contributed by atoms with E-state index in [1.54, 1.807) is 0 Å². The van der Waals surface area contributed by atoms with Gasteiger partial charge in [0, 0.05) is 19.0 Å². The van der Waals surface area contributed by atoms with Crippen LogP contribution in [0.3, 0.4) is 0 Å². The average molecular weight is 286 g/mol. The highest BCUT2D eigenvalue weighted by atomic mass is 35.5. The van der Waals surface area contributed by atoms with E-state index in [-0.39, 0.29) is 5.88 Å². The summed E-state index contributed by atoms with van der Waals surface area (Å²) in [4.78, 5) is 11.5. The molecule has 0 rings (SSSR count). The Kier molecular flexibility index (Phi) is 5.12. The lowest BCUT2D eigenvalue weighted by atomic mass is 10.1. The minimum Gasteiger partial charge on any atom is -0.341 e. The molecule has 0 aliphatic heterocycles. The minimum absolute atomic E-state index is 0.259.